The number of aromatic nitrogens is 2. The first kappa shape index (κ1) is 19.9. The minimum atomic E-state index is 0.0282. The van der Waals surface area contributed by atoms with E-state index in [4.69, 9.17) is 0 Å². The predicted octanol–water partition coefficient (Wildman–Crippen LogP) is 4.52. The minimum absolute atomic E-state index is 0.0282. The van der Waals surface area contributed by atoms with Crippen molar-refractivity contribution in [3.8, 4) is 0 Å². The van der Waals surface area contributed by atoms with Gasteiger partial charge in [0.05, 0.1) is 0 Å². The first-order chi connectivity index (χ1) is 13.6. The zero-order valence-corrected chi connectivity index (χ0v) is 16.8. The number of nitrogens with zero attached hydrogens (tertiary/aromatic N) is 2. The van der Waals surface area contributed by atoms with Gasteiger partial charge in [-0.05, 0) is 42.9 Å². The fourth-order valence-corrected chi connectivity index (χ4v) is 3.36. The Morgan fingerprint density at radius 3 is 2.57 bits per heavy atom. The number of rotatable bonds is 9. The van der Waals surface area contributed by atoms with Gasteiger partial charge in [0.2, 0.25) is 5.91 Å². The summed E-state index contributed by atoms with van der Waals surface area (Å²) in [6.45, 7) is 5.38. The van der Waals surface area contributed by atoms with Gasteiger partial charge in [-0.3, -0.25) is 4.79 Å². The number of hydrogen-bond acceptors (Lipinski definition) is 2. The number of amides is 1. The molecule has 146 valence electrons. The van der Waals surface area contributed by atoms with Crippen LogP contribution in [0.2, 0.25) is 0 Å². The lowest BCUT2D eigenvalue weighted by Gasteiger charge is -2.13. The lowest BCUT2D eigenvalue weighted by molar-refractivity contribution is -0.124. The van der Waals surface area contributed by atoms with Gasteiger partial charge in [0.1, 0.15) is 5.82 Å². The Balaban J connectivity index is 1.44. The highest BCUT2D eigenvalue weighted by Gasteiger charge is 2.12. The molecular weight excluding hydrogens is 346 g/mol. The first-order valence-electron chi connectivity index (χ1n) is 9.99. The highest BCUT2D eigenvalue weighted by Crippen LogP contribution is 2.12. The van der Waals surface area contributed by atoms with E-state index in [9.17, 15) is 4.79 Å². The van der Waals surface area contributed by atoms with Crippen molar-refractivity contribution in [3.63, 3.8) is 0 Å². The normalized spacial score (nSPS) is 11.9. The van der Waals surface area contributed by atoms with E-state index in [-0.39, 0.29) is 11.8 Å². The molecule has 0 saturated carbocycles. The highest BCUT2D eigenvalue weighted by molar-refractivity contribution is 5.78. The summed E-state index contributed by atoms with van der Waals surface area (Å²) in [6.07, 6.45) is 6.76. The van der Waals surface area contributed by atoms with Gasteiger partial charge < -0.3 is 9.88 Å². The van der Waals surface area contributed by atoms with Crippen molar-refractivity contribution in [1.82, 2.24) is 14.9 Å². The van der Waals surface area contributed by atoms with Crippen LogP contribution in [0.1, 0.15) is 42.3 Å². The summed E-state index contributed by atoms with van der Waals surface area (Å²) in [4.78, 5) is 16.7. The largest absolute Gasteiger partial charge is 0.352 e. The third-order valence-corrected chi connectivity index (χ3v) is 5.13. The summed E-state index contributed by atoms with van der Waals surface area (Å²) >= 11 is 0. The molecule has 0 spiro atoms. The van der Waals surface area contributed by atoms with Crippen molar-refractivity contribution in [2.24, 2.45) is 5.92 Å². The molecule has 0 aliphatic rings. The molecule has 1 aromatic heterocycles. The van der Waals surface area contributed by atoms with Crippen molar-refractivity contribution in [2.45, 2.75) is 46.2 Å². The van der Waals surface area contributed by atoms with Crippen LogP contribution in [0.4, 0.5) is 0 Å². The van der Waals surface area contributed by atoms with E-state index in [1.165, 1.54) is 11.1 Å². The number of benzene rings is 2. The molecule has 3 rings (SSSR count). The molecule has 0 aliphatic carbocycles. The van der Waals surface area contributed by atoms with Crippen LogP contribution in [0, 0.1) is 12.8 Å². The average Bonchev–Trinajstić information content (AvgIpc) is 3.11. The molecule has 3 aromatic rings. The number of carbonyl (C=O) groups is 1. The van der Waals surface area contributed by atoms with E-state index in [2.05, 4.69) is 57.3 Å². The monoisotopic (exact) mass is 375 g/mol. The number of imidazole rings is 1. The van der Waals surface area contributed by atoms with E-state index in [0.29, 0.717) is 6.54 Å². The fourth-order valence-electron chi connectivity index (χ4n) is 3.36. The first-order valence-corrected chi connectivity index (χ1v) is 9.99. The number of carbonyl (C=O) groups excluding carboxylic acids is 1. The van der Waals surface area contributed by atoms with Gasteiger partial charge in [-0.25, -0.2) is 4.98 Å². The molecule has 0 radical (unpaired) electrons. The van der Waals surface area contributed by atoms with Gasteiger partial charge >= 0.3 is 0 Å². The van der Waals surface area contributed by atoms with E-state index in [1.807, 2.05) is 38.4 Å². The van der Waals surface area contributed by atoms with Crippen LogP contribution in [0.5, 0.6) is 0 Å². The second kappa shape index (κ2) is 9.88. The molecule has 28 heavy (non-hydrogen) atoms. The maximum Gasteiger partial charge on any atom is 0.223 e. The Labute approximate surface area is 167 Å². The average molecular weight is 376 g/mol. The van der Waals surface area contributed by atoms with E-state index in [1.54, 1.807) is 0 Å². The Morgan fingerprint density at radius 2 is 1.82 bits per heavy atom. The van der Waals surface area contributed by atoms with E-state index >= 15 is 0 Å². The van der Waals surface area contributed by atoms with Gasteiger partial charge in [-0.15, -0.1) is 0 Å². The SMILES string of the molecule is Cc1nccn1Cc1cccc(CNC(=O)C(C)CCCc2ccccc2)c1. The lowest BCUT2D eigenvalue weighted by Crippen LogP contribution is -2.28. The molecule has 0 aliphatic heterocycles. The van der Waals surface area contributed by atoms with Crippen LogP contribution in [-0.2, 0) is 24.3 Å². The summed E-state index contributed by atoms with van der Waals surface area (Å²) in [5.74, 6) is 1.16. The molecule has 1 atom stereocenters. The molecular formula is C24H29N3O. The highest BCUT2D eigenvalue weighted by atomic mass is 16.1. The molecule has 4 heteroatoms. The van der Waals surface area contributed by atoms with Gasteiger partial charge in [-0.1, -0.05) is 61.5 Å². The van der Waals surface area contributed by atoms with Gasteiger partial charge in [-0.2, -0.15) is 0 Å². The zero-order chi connectivity index (χ0) is 19.8. The molecule has 2 aromatic carbocycles. The van der Waals surface area contributed by atoms with E-state index in [0.717, 1.165) is 37.2 Å². The predicted molar refractivity (Wildman–Crippen MR) is 113 cm³/mol. The van der Waals surface area contributed by atoms with Gasteiger partial charge in [0.25, 0.3) is 0 Å². The Bertz CT molecular complexity index is 886. The minimum Gasteiger partial charge on any atom is -0.352 e. The quantitative estimate of drug-likeness (QED) is 0.598. The van der Waals surface area contributed by atoms with Crippen LogP contribution in [0.3, 0.4) is 0 Å². The summed E-state index contributed by atoms with van der Waals surface area (Å²) in [5.41, 5.74) is 3.67. The second-order valence-electron chi connectivity index (χ2n) is 7.42. The lowest BCUT2D eigenvalue weighted by atomic mass is 10.0. The van der Waals surface area contributed by atoms with Crippen LogP contribution in [0.15, 0.2) is 67.0 Å². The molecule has 1 heterocycles. The van der Waals surface area contributed by atoms with Crippen molar-refractivity contribution in [2.75, 3.05) is 0 Å². The molecule has 0 fully saturated rings. The summed E-state index contributed by atoms with van der Waals surface area (Å²) in [6, 6.07) is 18.8. The molecule has 0 saturated heterocycles. The van der Waals surface area contributed by atoms with Crippen LogP contribution in [0.25, 0.3) is 0 Å². The Morgan fingerprint density at radius 1 is 1.07 bits per heavy atom. The van der Waals surface area contributed by atoms with Crippen LogP contribution >= 0.6 is 0 Å². The Hall–Kier alpha value is -2.88. The van der Waals surface area contributed by atoms with Gasteiger partial charge in [0, 0.05) is 31.4 Å². The maximum absolute atomic E-state index is 12.4. The maximum atomic E-state index is 12.4. The molecule has 0 bridgehead atoms. The summed E-state index contributed by atoms with van der Waals surface area (Å²) in [7, 11) is 0. The number of hydrogen-bond donors (Lipinski definition) is 1. The summed E-state index contributed by atoms with van der Waals surface area (Å²) in [5, 5.41) is 3.09. The fraction of sp³-hybridized carbons (Fsp3) is 0.333. The Kier molecular flexibility index (Phi) is 7.01. The van der Waals surface area contributed by atoms with Crippen molar-refractivity contribution >= 4 is 5.91 Å². The van der Waals surface area contributed by atoms with Gasteiger partial charge in [0.15, 0.2) is 0 Å². The molecule has 1 unspecified atom stereocenters. The van der Waals surface area contributed by atoms with Crippen molar-refractivity contribution in [3.05, 3.63) is 89.5 Å². The summed E-state index contributed by atoms with van der Waals surface area (Å²) < 4.78 is 2.12. The number of nitrogens with one attached hydrogen (secondary N) is 1. The van der Waals surface area contributed by atoms with Crippen LogP contribution in [-0.4, -0.2) is 15.5 Å². The zero-order valence-electron chi connectivity index (χ0n) is 16.8. The number of aryl methyl sites for hydroxylation is 2. The van der Waals surface area contributed by atoms with Crippen molar-refractivity contribution < 1.29 is 4.79 Å². The molecule has 4 nitrogen and oxygen atoms in total. The van der Waals surface area contributed by atoms with Crippen molar-refractivity contribution in [1.29, 1.82) is 0 Å². The van der Waals surface area contributed by atoms with E-state index < -0.39 is 0 Å². The topological polar surface area (TPSA) is 46.9 Å². The third-order valence-electron chi connectivity index (χ3n) is 5.13. The smallest absolute Gasteiger partial charge is 0.223 e. The molecule has 1 N–H and O–H groups in total. The standard InChI is InChI=1S/C24H29N3O/c1-19(8-6-11-21-9-4-3-5-10-21)24(28)26-17-22-12-7-13-23(16-22)18-27-15-14-25-20(27)2/h3-5,7,9-10,12-16,19H,6,8,11,17-18H2,1-2H3,(H,26,28). The molecule has 1 amide bonds. The van der Waals surface area contributed by atoms with Crippen LogP contribution < -0.4 is 5.32 Å². The second-order valence-corrected chi connectivity index (χ2v) is 7.42. The third kappa shape index (κ3) is 5.81.